The molecule has 2 aromatic rings. The second-order valence-electron chi connectivity index (χ2n) is 5.99. The Kier molecular flexibility index (Phi) is 6.40. The number of hydrogen-bond acceptors (Lipinski definition) is 7. The van der Waals surface area contributed by atoms with Gasteiger partial charge in [-0.05, 0) is 19.4 Å². The summed E-state index contributed by atoms with van der Waals surface area (Å²) in [5.41, 5.74) is 0.569. The molecule has 150 valence electrons. The van der Waals surface area contributed by atoms with E-state index >= 15 is 0 Å². The van der Waals surface area contributed by atoms with Crippen LogP contribution in [0.25, 0.3) is 0 Å². The Morgan fingerprint density at radius 1 is 1.00 bits per heavy atom. The molecule has 0 aliphatic rings. The second-order valence-corrected chi connectivity index (χ2v) is 8.24. The molecule has 0 radical (unpaired) electrons. The van der Waals surface area contributed by atoms with Crippen molar-refractivity contribution >= 4 is 27.6 Å². The number of hydrogen-bond donors (Lipinski definition) is 1. The maximum absolute atomic E-state index is 12.7. The molecule has 2 rings (SSSR count). The number of ether oxygens (including phenoxy) is 2. The predicted octanol–water partition coefficient (Wildman–Crippen LogP) is 1.91. The third-order valence-corrected chi connectivity index (χ3v) is 6.10. The summed E-state index contributed by atoms with van der Waals surface area (Å²) in [6.07, 6.45) is 0.410. The predicted molar refractivity (Wildman–Crippen MR) is 101 cm³/mol. The summed E-state index contributed by atoms with van der Waals surface area (Å²) in [7, 11) is -4.20. The number of sulfone groups is 1. The smallest absolute Gasteiger partial charge is 0.345 e. The van der Waals surface area contributed by atoms with Crippen LogP contribution in [0.2, 0.25) is 0 Å². The summed E-state index contributed by atoms with van der Waals surface area (Å²) in [6, 6.07) is 11.1. The average molecular weight is 407 g/mol. The minimum absolute atomic E-state index is 0.0956. The zero-order chi connectivity index (χ0) is 20.9. The number of aromatic nitrogens is 1. The number of benzene rings is 1. The Morgan fingerprint density at radius 3 is 2.18 bits per heavy atom. The first-order valence-corrected chi connectivity index (χ1v) is 10.4. The molecule has 1 aromatic heterocycles. The topological polar surface area (TPSA) is 120 Å². The highest BCUT2D eigenvalue weighted by Gasteiger charge is 2.57. The first-order valence-electron chi connectivity index (χ1n) is 8.55. The van der Waals surface area contributed by atoms with Gasteiger partial charge in [0.2, 0.25) is 11.7 Å². The fraction of sp³-hybridized carbons (Fsp3) is 0.316. The van der Waals surface area contributed by atoms with E-state index in [1.54, 1.807) is 30.3 Å². The normalized spacial score (nSPS) is 13.4. The van der Waals surface area contributed by atoms with E-state index in [4.69, 9.17) is 9.47 Å². The van der Waals surface area contributed by atoms with E-state index < -0.39 is 26.5 Å². The van der Waals surface area contributed by atoms with Crippen LogP contribution >= 0.6 is 0 Å². The first kappa shape index (κ1) is 21.4. The van der Waals surface area contributed by atoms with Crippen LogP contribution in [0.1, 0.15) is 36.3 Å². The van der Waals surface area contributed by atoms with Gasteiger partial charge in [0.15, 0.2) is 9.84 Å². The maximum Gasteiger partial charge on any atom is 0.345 e. The van der Waals surface area contributed by atoms with Crippen molar-refractivity contribution in [1.29, 1.82) is 0 Å². The van der Waals surface area contributed by atoms with Crippen LogP contribution in [0.5, 0.6) is 5.88 Å². The maximum atomic E-state index is 12.7. The largest absolute Gasteiger partial charge is 0.464 e. The molecule has 9 heteroatoms. The molecule has 1 atom stereocenters. The van der Waals surface area contributed by atoms with Gasteiger partial charge in [-0.15, -0.1) is 0 Å². The van der Waals surface area contributed by atoms with Crippen molar-refractivity contribution < 1.29 is 32.3 Å². The van der Waals surface area contributed by atoms with Crippen molar-refractivity contribution in [3.63, 3.8) is 0 Å². The van der Waals surface area contributed by atoms with Crippen molar-refractivity contribution in [2.24, 2.45) is 0 Å². The number of carbonyl (C=O) groups excluding carboxylic acids is 3. The Labute approximate surface area is 162 Å². The van der Waals surface area contributed by atoms with Crippen LogP contribution in [0.15, 0.2) is 42.5 Å². The van der Waals surface area contributed by atoms with Crippen molar-refractivity contribution in [1.82, 2.24) is 4.98 Å². The highest BCUT2D eigenvalue weighted by Crippen LogP contribution is 2.27. The monoisotopic (exact) mass is 407 g/mol. The summed E-state index contributed by atoms with van der Waals surface area (Å²) in [4.78, 5) is 40.0. The van der Waals surface area contributed by atoms with Crippen LogP contribution < -0.4 is 4.74 Å². The number of ketones is 1. The number of esters is 2. The van der Waals surface area contributed by atoms with Gasteiger partial charge < -0.3 is 14.5 Å². The molecule has 0 amide bonds. The number of aromatic amines is 1. The molecule has 1 unspecified atom stereocenters. The van der Waals surface area contributed by atoms with Crippen LogP contribution in [-0.4, -0.2) is 48.7 Å². The fourth-order valence-electron chi connectivity index (χ4n) is 2.68. The molecule has 0 fully saturated rings. The standard InChI is InChI=1S/C19H21NO7S/c1-4-19(28(3,24)25,17(22)26-5-2)18(23)27-15-12-11-14(20-15)16(21)13-9-7-6-8-10-13/h6-12,20H,4-5H2,1-3H3. The Balaban J connectivity index is 2.31. The van der Waals surface area contributed by atoms with Gasteiger partial charge in [-0.25, -0.2) is 18.0 Å². The molecule has 0 aliphatic carbocycles. The highest BCUT2D eigenvalue weighted by atomic mass is 32.2. The number of rotatable bonds is 8. The first-order chi connectivity index (χ1) is 13.2. The lowest BCUT2D eigenvalue weighted by Crippen LogP contribution is -2.55. The van der Waals surface area contributed by atoms with E-state index in [1.165, 1.54) is 26.0 Å². The number of nitrogens with one attached hydrogen (secondary N) is 1. The van der Waals surface area contributed by atoms with E-state index in [-0.39, 0.29) is 30.4 Å². The average Bonchev–Trinajstić information content (AvgIpc) is 3.10. The van der Waals surface area contributed by atoms with Gasteiger partial charge in [0.05, 0.1) is 12.3 Å². The number of H-pyrrole nitrogens is 1. The molecule has 8 nitrogen and oxygen atoms in total. The molecule has 0 saturated carbocycles. The molecule has 0 spiro atoms. The molecule has 0 bridgehead atoms. The Hall–Kier alpha value is -2.94. The molecular formula is C19H21NO7S. The van der Waals surface area contributed by atoms with Crippen LogP contribution in [-0.2, 0) is 24.2 Å². The van der Waals surface area contributed by atoms with Gasteiger partial charge in [0, 0.05) is 17.9 Å². The second kappa shape index (κ2) is 8.39. The van der Waals surface area contributed by atoms with E-state index in [2.05, 4.69) is 4.98 Å². The zero-order valence-electron chi connectivity index (χ0n) is 15.7. The van der Waals surface area contributed by atoms with Gasteiger partial charge in [0.25, 0.3) is 4.75 Å². The van der Waals surface area contributed by atoms with Crippen molar-refractivity contribution in [3.05, 3.63) is 53.7 Å². The van der Waals surface area contributed by atoms with Gasteiger partial charge in [0.1, 0.15) is 0 Å². The highest BCUT2D eigenvalue weighted by molar-refractivity contribution is 7.93. The van der Waals surface area contributed by atoms with Crippen molar-refractivity contribution in [2.75, 3.05) is 12.9 Å². The quantitative estimate of drug-likeness (QED) is 0.403. The van der Waals surface area contributed by atoms with Gasteiger partial charge in [-0.3, -0.25) is 4.79 Å². The van der Waals surface area contributed by atoms with E-state index in [0.717, 1.165) is 6.26 Å². The summed E-state index contributed by atoms with van der Waals surface area (Å²) < 4.78 is 31.9. The molecule has 1 aromatic carbocycles. The summed E-state index contributed by atoms with van der Waals surface area (Å²) >= 11 is 0. The molecule has 1 heterocycles. The lowest BCUT2D eigenvalue weighted by molar-refractivity contribution is -0.154. The fourth-order valence-corrected chi connectivity index (χ4v) is 3.91. The zero-order valence-corrected chi connectivity index (χ0v) is 16.5. The third-order valence-electron chi connectivity index (χ3n) is 4.21. The lowest BCUT2D eigenvalue weighted by Gasteiger charge is -2.25. The van der Waals surface area contributed by atoms with Crippen molar-refractivity contribution in [3.8, 4) is 5.88 Å². The Bertz CT molecular complexity index is 979. The van der Waals surface area contributed by atoms with Crippen LogP contribution in [0.3, 0.4) is 0 Å². The summed E-state index contributed by atoms with van der Waals surface area (Å²) in [6.45, 7) is 2.78. The van der Waals surface area contributed by atoms with Crippen molar-refractivity contribution in [2.45, 2.75) is 25.0 Å². The SMILES string of the molecule is CCOC(=O)C(CC)(C(=O)Oc1ccc(C(=O)c2ccccc2)[nH]1)S(C)(=O)=O. The van der Waals surface area contributed by atoms with E-state index in [9.17, 15) is 22.8 Å². The molecule has 1 N–H and O–H groups in total. The van der Waals surface area contributed by atoms with Crippen LogP contribution in [0, 0.1) is 0 Å². The van der Waals surface area contributed by atoms with Gasteiger partial charge in [-0.2, -0.15) is 0 Å². The summed E-state index contributed by atoms with van der Waals surface area (Å²) in [5, 5.41) is 0. The van der Waals surface area contributed by atoms with Crippen LogP contribution in [0.4, 0.5) is 0 Å². The lowest BCUT2D eigenvalue weighted by atomic mass is 10.1. The van der Waals surface area contributed by atoms with E-state index in [1.807, 2.05) is 0 Å². The van der Waals surface area contributed by atoms with Gasteiger partial charge in [-0.1, -0.05) is 37.3 Å². The molecular weight excluding hydrogens is 386 g/mol. The van der Waals surface area contributed by atoms with E-state index in [0.29, 0.717) is 5.56 Å². The third kappa shape index (κ3) is 3.99. The summed E-state index contributed by atoms with van der Waals surface area (Å²) in [5.74, 6) is -2.98. The minimum Gasteiger partial charge on any atom is -0.464 e. The number of carbonyl (C=O) groups is 3. The van der Waals surface area contributed by atoms with Gasteiger partial charge >= 0.3 is 11.9 Å². The molecule has 0 saturated heterocycles. The molecule has 0 aliphatic heterocycles. The minimum atomic E-state index is -4.20. The Morgan fingerprint density at radius 2 is 1.64 bits per heavy atom. The molecule has 28 heavy (non-hydrogen) atoms.